The minimum absolute atomic E-state index is 0.441. The SMILES string of the molecule is COC1=CC(F)C(C(C)O)C=C1. The van der Waals surface area contributed by atoms with Gasteiger partial charge in [-0.15, -0.1) is 0 Å². The van der Waals surface area contributed by atoms with Crippen LogP contribution in [0.15, 0.2) is 24.0 Å². The van der Waals surface area contributed by atoms with E-state index in [0.717, 1.165) is 0 Å². The van der Waals surface area contributed by atoms with E-state index >= 15 is 0 Å². The van der Waals surface area contributed by atoms with Crippen molar-refractivity contribution in [3.8, 4) is 0 Å². The third-order valence-electron chi connectivity index (χ3n) is 1.97. The van der Waals surface area contributed by atoms with E-state index < -0.39 is 18.2 Å². The fraction of sp³-hybridized carbons (Fsp3) is 0.556. The monoisotopic (exact) mass is 172 g/mol. The van der Waals surface area contributed by atoms with E-state index in [1.165, 1.54) is 13.2 Å². The smallest absolute Gasteiger partial charge is 0.131 e. The van der Waals surface area contributed by atoms with Gasteiger partial charge in [-0.3, -0.25) is 0 Å². The molecule has 0 aromatic rings. The molecule has 1 N–H and O–H groups in total. The Labute approximate surface area is 71.3 Å². The number of hydrogen-bond donors (Lipinski definition) is 1. The lowest BCUT2D eigenvalue weighted by molar-refractivity contribution is 0.108. The van der Waals surface area contributed by atoms with Crippen LogP contribution in [0.2, 0.25) is 0 Å². The summed E-state index contributed by atoms with van der Waals surface area (Å²) in [7, 11) is 1.49. The maximum atomic E-state index is 13.2. The number of halogens is 1. The molecule has 2 nitrogen and oxygen atoms in total. The lowest BCUT2D eigenvalue weighted by Crippen LogP contribution is -2.25. The van der Waals surface area contributed by atoms with E-state index in [0.29, 0.717) is 5.76 Å². The molecule has 1 rings (SSSR count). The first-order valence-electron chi connectivity index (χ1n) is 3.91. The van der Waals surface area contributed by atoms with Crippen LogP contribution < -0.4 is 0 Å². The lowest BCUT2D eigenvalue weighted by atomic mass is 9.93. The Hall–Kier alpha value is -0.830. The predicted molar refractivity (Wildman–Crippen MR) is 44.3 cm³/mol. The molecular weight excluding hydrogens is 159 g/mol. The molecule has 12 heavy (non-hydrogen) atoms. The molecule has 0 amide bonds. The molecule has 1 aliphatic rings. The minimum atomic E-state index is -1.15. The van der Waals surface area contributed by atoms with Crippen molar-refractivity contribution in [1.82, 2.24) is 0 Å². The van der Waals surface area contributed by atoms with Crippen LogP contribution >= 0.6 is 0 Å². The Morgan fingerprint density at radius 2 is 2.33 bits per heavy atom. The zero-order chi connectivity index (χ0) is 9.14. The standard InChI is InChI=1S/C9H13FO2/c1-6(11)8-4-3-7(12-2)5-9(8)10/h3-6,8-9,11H,1-2H3. The van der Waals surface area contributed by atoms with Crippen molar-refractivity contribution >= 4 is 0 Å². The number of ether oxygens (including phenoxy) is 1. The van der Waals surface area contributed by atoms with Gasteiger partial charge in [-0.25, -0.2) is 4.39 Å². The molecule has 0 aromatic carbocycles. The maximum absolute atomic E-state index is 13.2. The second-order valence-electron chi connectivity index (χ2n) is 2.89. The van der Waals surface area contributed by atoms with E-state index in [1.54, 1.807) is 19.1 Å². The number of alkyl halides is 1. The molecule has 0 saturated carbocycles. The first kappa shape index (κ1) is 9.26. The van der Waals surface area contributed by atoms with Gasteiger partial charge < -0.3 is 9.84 Å². The average molecular weight is 172 g/mol. The highest BCUT2D eigenvalue weighted by Gasteiger charge is 2.24. The molecule has 3 heteroatoms. The molecule has 0 aromatic heterocycles. The van der Waals surface area contributed by atoms with Crippen molar-refractivity contribution in [1.29, 1.82) is 0 Å². The van der Waals surface area contributed by atoms with Crippen LogP contribution in [0.3, 0.4) is 0 Å². The maximum Gasteiger partial charge on any atom is 0.131 e. The van der Waals surface area contributed by atoms with Crippen LogP contribution in [-0.2, 0) is 4.74 Å². The Bertz CT molecular complexity index is 209. The minimum Gasteiger partial charge on any atom is -0.497 e. The summed E-state index contributed by atoms with van der Waals surface area (Å²) in [6, 6.07) is 0. The van der Waals surface area contributed by atoms with Crippen LogP contribution in [0.1, 0.15) is 6.92 Å². The third-order valence-corrected chi connectivity index (χ3v) is 1.97. The highest BCUT2D eigenvalue weighted by atomic mass is 19.1. The second-order valence-corrected chi connectivity index (χ2v) is 2.89. The van der Waals surface area contributed by atoms with Crippen LogP contribution in [0.25, 0.3) is 0 Å². The molecule has 1 aliphatic carbocycles. The molecule has 0 saturated heterocycles. The number of rotatable bonds is 2. The molecule has 0 heterocycles. The number of hydrogen-bond acceptors (Lipinski definition) is 2. The second kappa shape index (κ2) is 3.72. The van der Waals surface area contributed by atoms with E-state index in [2.05, 4.69) is 0 Å². The first-order valence-corrected chi connectivity index (χ1v) is 3.91. The Morgan fingerprint density at radius 3 is 2.75 bits per heavy atom. The molecule has 0 radical (unpaired) electrons. The summed E-state index contributed by atoms with van der Waals surface area (Å²) in [5, 5.41) is 9.15. The summed E-state index contributed by atoms with van der Waals surface area (Å²) < 4.78 is 18.0. The number of aliphatic hydroxyl groups excluding tert-OH is 1. The van der Waals surface area contributed by atoms with Crippen LogP contribution in [0.5, 0.6) is 0 Å². The zero-order valence-electron chi connectivity index (χ0n) is 7.20. The van der Waals surface area contributed by atoms with Crippen molar-refractivity contribution in [2.24, 2.45) is 5.92 Å². The van der Waals surface area contributed by atoms with Gasteiger partial charge in [0.1, 0.15) is 11.9 Å². The van der Waals surface area contributed by atoms with Gasteiger partial charge in [-0.05, 0) is 19.1 Å². The van der Waals surface area contributed by atoms with Gasteiger partial charge in [0.25, 0.3) is 0 Å². The highest BCUT2D eigenvalue weighted by Crippen LogP contribution is 2.22. The van der Waals surface area contributed by atoms with Crippen LogP contribution in [0.4, 0.5) is 4.39 Å². The number of allylic oxidation sites excluding steroid dienone is 2. The van der Waals surface area contributed by atoms with Gasteiger partial charge in [0.15, 0.2) is 0 Å². The topological polar surface area (TPSA) is 29.5 Å². The number of methoxy groups -OCH3 is 1. The van der Waals surface area contributed by atoms with E-state index in [9.17, 15) is 4.39 Å². The van der Waals surface area contributed by atoms with Gasteiger partial charge in [0.05, 0.1) is 13.2 Å². The van der Waals surface area contributed by atoms with Crippen LogP contribution in [-0.4, -0.2) is 24.5 Å². The van der Waals surface area contributed by atoms with Gasteiger partial charge in [-0.2, -0.15) is 0 Å². The zero-order valence-corrected chi connectivity index (χ0v) is 7.20. The Balaban J connectivity index is 2.68. The lowest BCUT2D eigenvalue weighted by Gasteiger charge is -2.21. The first-order chi connectivity index (χ1) is 5.65. The van der Waals surface area contributed by atoms with Gasteiger partial charge in [0.2, 0.25) is 0 Å². The molecule has 0 bridgehead atoms. The molecule has 0 fully saturated rings. The molecule has 3 atom stereocenters. The summed E-state index contributed by atoms with van der Waals surface area (Å²) in [5.74, 6) is 0.0725. The molecule has 68 valence electrons. The number of aliphatic hydroxyl groups is 1. The normalized spacial score (nSPS) is 31.2. The van der Waals surface area contributed by atoms with Crippen molar-refractivity contribution in [2.45, 2.75) is 19.2 Å². The van der Waals surface area contributed by atoms with Crippen molar-refractivity contribution in [3.05, 3.63) is 24.0 Å². The molecule has 0 aliphatic heterocycles. The average Bonchev–Trinajstić information content (AvgIpc) is 2.03. The summed E-state index contributed by atoms with van der Waals surface area (Å²) in [6.45, 7) is 1.58. The van der Waals surface area contributed by atoms with Gasteiger partial charge >= 0.3 is 0 Å². The molecule has 0 spiro atoms. The molecular formula is C9H13FO2. The Kier molecular flexibility index (Phi) is 2.87. The van der Waals surface area contributed by atoms with Gasteiger partial charge in [-0.1, -0.05) is 6.08 Å². The third kappa shape index (κ3) is 1.85. The fourth-order valence-corrected chi connectivity index (χ4v) is 1.20. The van der Waals surface area contributed by atoms with E-state index in [4.69, 9.17) is 9.84 Å². The summed E-state index contributed by atoms with van der Waals surface area (Å²) in [6.07, 6.45) is 2.87. The summed E-state index contributed by atoms with van der Waals surface area (Å²) in [4.78, 5) is 0. The van der Waals surface area contributed by atoms with Crippen molar-refractivity contribution < 1.29 is 14.2 Å². The highest BCUT2D eigenvalue weighted by molar-refractivity contribution is 5.22. The predicted octanol–water partition coefficient (Wildman–Crippen LogP) is 1.42. The van der Waals surface area contributed by atoms with E-state index in [-0.39, 0.29) is 0 Å². The van der Waals surface area contributed by atoms with Crippen molar-refractivity contribution in [3.63, 3.8) is 0 Å². The van der Waals surface area contributed by atoms with Crippen molar-refractivity contribution in [2.75, 3.05) is 7.11 Å². The summed E-state index contributed by atoms with van der Waals surface area (Å²) >= 11 is 0. The van der Waals surface area contributed by atoms with Crippen LogP contribution in [0, 0.1) is 5.92 Å². The summed E-state index contributed by atoms with van der Waals surface area (Å²) in [5.41, 5.74) is 0. The van der Waals surface area contributed by atoms with E-state index in [1.807, 2.05) is 0 Å². The molecule has 3 unspecified atom stereocenters. The largest absolute Gasteiger partial charge is 0.497 e. The quantitative estimate of drug-likeness (QED) is 0.682. The fourth-order valence-electron chi connectivity index (χ4n) is 1.20. The van der Waals surface area contributed by atoms with Gasteiger partial charge in [0, 0.05) is 5.92 Å². The Morgan fingerprint density at radius 1 is 1.67 bits per heavy atom.